The van der Waals surface area contributed by atoms with Gasteiger partial charge in [-0.25, -0.2) is 18.5 Å². The van der Waals surface area contributed by atoms with E-state index < -0.39 is 29.4 Å². The van der Waals surface area contributed by atoms with Crippen molar-refractivity contribution in [1.82, 2.24) is 0 Å². The number of rotatable bonds is 6. The minimum atomic E-state index is -1.31. The highest BCUT2D eigenvalue weighted by molar-refractivity contribution is 7.12. The van der Waals surface area contributed by atoms with Crippen LogP contribution in [0.5, 0.6) is 11.5 Å². The molecule has 10 heteroatoms. The maximum atomic E-state index is 14.6. The second-order valence-corrected chi connectivity index (χ2v) is 7.70. The number of nitrogens with zero attached hydrogens (tertiary/aromatic N) is 1. The number of hydrogen-bond donors (Lipinski definition) is 1. The lowest BCUT2D eigenvalue weighted by Gasteiger charge is -2.26. The summed E-state index contributed by atoms with van der Waals surface area (Å²) in [5, 5.41) is 10.8. The van der Waals surface area contributed by atoms with Crippen molar-refractivity contribution in [3.05, 3.63) is 75.0 Å². The molecule has 0 fully saturated rings. The lowest BCUT2D eigenvalue weighted by atomic mass is 10.0. The number of ether oxygens (including phenoxy) is 2. The summed E-state index contributed by atoms with van der Waals surface area (Å²) in [4.78, 5) is 37.4. The number of aromatic carboxylic acids is 1. The first-order valence-corrected chi connectivity index (χ1v) is 10.1. The molecule has 1 N–H and O–H groups in total. The van der Waals surface area contributed by atoms with E-state index in [9.17, 15) is 28.3 Å². The molecule has 0 atom stereocenters. The smallest absolute Gasteiger partial charge is 0.346 e. The fourth-order valence-electron chi connectivity index (χ4n) is 3.37. The number of carbonyl (C=O) groups is 3. The van der Waals surface area contributed by atoms with Gasteiger partial charge in [0.05, 0.1) is 24.8 Å². The number of anilines is 1. The van der Waals surface area contributed by atoms with Gasteiger partial charge >= 0.3 is 5.97 Å². The normalized spacial score (nSPS) is 13.2. The molecule has 0 bridgehead atoms. The van der Waals surface area contributed by atoms with Crippen LogP contribution in [0.3, 0.4) is 0 Å². The number of carbonyl (C=O) groups excluding carboxylic acids is 2. The number of methoxy groups -OCH3 is 1. The Kier molecular flexibility index (Phi) is 5.62. The summed E-state index contributed by atoms with van der Waals surface area (Å²) in [5.41, 5.74) is -0.0302. The first-order chi connectivity index (χ1) is 15.3. The van der Waals surface area contributed by atoms with Gasteiger partial charge in [-0.05, 0) is 29.1 Å². The highest BCUT2D eigenvalue weighted by atomic mass is 32.1. The molecule has 0 aliphatic carbocycles. The van der Waals surface area contributed by atoms with Crippen LogP contribution in [-0.4, -0.2) is 30.0 Å². The zero-order valence-corrected chi connectivity index (χ0v) is 17.4. The Morgan fingerprint density at radius 2 is 2.00 bits per heavy atom. The van der Waals surface area contributed by atoms with Gasteiger partial charge in [0.25, 0.3) is 5.91 Å². The molecule has 0 saturated carbocycles. The molecular weight excluding hydrogens is 444 g/mol. The van der Waals surface area contributed by atoms with Crippen molar-refractivity contribution in [2.24, 2.45) is 0 Å². The van der Waals surface area contributed by atoms with Gasteiger partial charge in [0, 0.05) is 11.6 Å². The van der Waals surface area contributed by atoms with Crippen molar-refractivity contribution in [3.8, 4) is 11.5 Å². The molecule has 2 amide bonds. The van der Waals surface area contributed by atoms with Crippen molar-refractivity contribution in [2.45, 2.75) is 13.0 Å². The Hall–Kier alpha value is -3.79. The van der Waals surface area contributed by atoms with Gasteiger partial charge in [0.15, 0.2) is 11.6 Å². The molecule has 0 unspecified atom stereocenters. The van der Waals surface area contributed by atoms with Crippen molar-refractivity contribution >= 4 is 34.8 Å². The zero-order chi connectivity index (χ0) is 23.0. The lowest BCUT2D eigenvalue weighted by Crippen LogP contribution is -2.43. The average Bonchev–Trinajstić information content (AvgIpc) is 3.19. The molecule has 2 aromatic carbocycles. The number of carboxylic acids is 1. The van der Waals surface area contributed by atoms with Gasteiger partial charge < -0.3 is 14.6 Å². The van der Waals surface area contributed by atoms with E-state index in [1.54, 1.807) is 6.07 Å². The van der Waals surface area contributed by atoms with E-state index in [1.807, 2.05) is 0 Å². The molecule has 0 spiro atoms. The Morgan fingerprint density at radius 1 is 1.22 bits per heavy atom. The van der Waals surface area contributed by atoms with Crippen molar-refractivity contribution in [1.29, 1.82) is 0 Å². The van der Waals surface area contributed by atoms with Crippen LogP contribution in [0, 0.1) is 11.6 Å². The van der Waals surface area contributed by atoms with Gasteiger partial charge in [-0.15, -0.1) is 11.3 Å². The highest BCUT2D eigenvalue weighted by Gasteiger charge is 2.38. The summed E-state index contributed by atoms with van der Waals surface area (Å²) in [6, 6.07) is 7.95. The second kappa shape index (κ2) is 8.39. The molecule has 1 aliphatic heterocycles. The van der Waals surface area contributed by atoms with Gasteiger partial charge in [0.1, 0.15) is 23.1 Å². The van der Waals surface area contributed by atoms with Crippen molar-refractivity contribution < 1.29 is 37.7 Å². The van der Waals surface area contributed by atoms with Gasteiger partial charge in [0.2, 0.25) is 5.91 Å². The molecule has 7 nitrogen and oxygen atoms in total. The van der Waals surface area contributed by atoms with Crippen molar-refractivity contribution in [3.63, 3.8) is 0 Å². The zero-order valence-electron chi connectivity index (χ0n) is 16.6. The standard InChI is InChI=1S/C22H15F2NO6S/c1-30-16-4-2-3-11(19(16)24)9-31-13-5-6-14(23)15(8-13)25-17(26)7-12-10-32-20(22(28)29)18(12)21(25)27/h2-6,8,10H,7,9H2,1H3,(H,28,29). The SMILES string of the molecule is COc1cccc(COc2ccc(F)c(N3C(=O)Cc4csc(C(=O)O)c4C3=O)c2)c1F. The van der Waals surface area contributed by atoms with Crippen LogP contribution in [0.25, 0.3) is 0 Å². The molecule has 1 aromatic heterocycles. The van der Waals surface area contributed by atoms with E-state index >= 15 is 0 Å². The molecular formula is C22H15F2NO6S. The number of carboxylic acid groups (broad SMARTS) is 1. The van der Waals surface area contributed by atoms with Crippen LogP contribution >= 0.6 is 11.3 Å². The van der Waals surface area contributed by atoms with Crippen LogP contribution in [0.15, 0.2) is 41.8 Å². The van der Waals surface area contributed by atoms with E-state index in [0.29, 0.717) is 10.5 Å². The second-order valence-electron chi connectivity index (χ2n) is 6.82. The average molecular weight is 459 g/mol. The number of halogens is 2. The van der Waals surface area contributed by atoms with E-state index in [1.165, 1.54) is 30.7 Å². The summed E-state index contributed by atoms with van der Waals surface area (Å²) in [7, 11) is 1.33. The summed E-state index contributed by atoms with van der Waals surface area (Å²) in [6.07, 6.45) is -0.246. The van der Waals surface area contributed by atoms with Gasteiger partial charge in [-0.3, -0.25) is 9.59 Å². The molecule has 1 aliphatic rings. The minimum Gasteiger partial charge on any atom is -0.494 e. The fraction of sp³-hybridized carbons (Fsp3) is 0.136. The largest absolute Gasteiger partial charge is 0.494 e. The summed E-state index contributed by atoms with van der Waals surface area (Å²) in [6.45, 7) is -0.214. The fourth-order valence-corrected chi connectivity index (χ4v) is 4.26. The molecule has 2 heterocycles. The van der Waals surface area contributed by atoms with E-state index in [2.05, 4.69) is 0 Å². The number of imide groups is 1. The summed E-state index contributed by atoms with van der Waals surface area (Å²) >= 11 is 0.830. The molecule has 4 rings (SSSR count). The van der Waals surface area contributed by atoms with Crippen LogP contribution in [0.4, 0.5) is 14.5 Å². The third-order valence-corrected chi connectivity index (χ3v) is 5.90. The van der Waals surface area contributed by atoms with Crippen LogP contribution in [0.1, 0.15) is 31.2 Å². The van der Waals surface area contributed by atoms with Crippen molar-refractivity contribution in [2.75, 3.05) is 12.0 Å². The van der Waals surface area contributed by atoms with Crippen LogP contribution in [-0.2, 0) is 17.8 Å². The predicted molar refractivity (Wildman–Crippen MR) is 110 cm³/mol. The maximum absolute atomic E-state index is 14.6. The van der Waals surface area contributed by atoms with Gasteiger partial charge in [-0.1, -0.05) is 12.1 Å². The molecule has 3 aromatic rings. The monoisotopic (exact) mass is 459 g/mol. The van der Waals surface area contributed by atoms with Crippen LogP contribution < -0.4 is 14.4 Å². The molecule has 164 valence electrons. The first-order valence-electron chi connectivity index (χ1n) is 9.26. The number of amides is 2. The Morgan fingerprint density at radius 3 is 2.72 bits per heavy atom. The molecule has 0 radical (unpaired) electrons. The van der Waals surface area contributed by atoms with Crippen LogP contribution in [0.2, 0.25) is 0 Å². The number of hydrogen-bond acceptors (Lipinski definition) is 6. The lowest BCUT2D eigenvalue weighted by molar-refractivity contribution is -0.117. The Labute approximate surface area is 184 Å². The predicted octanol–water partition coefficient (Wildman–Crippen LogP) is 4.04. The Bertz CT molecular complexity index is 1260. The Balaban J connectivity index is 1.64. The minimum absolute atomic E-state index is 0.0382. The van der Waals surface area contributed by atoms with E-state index in [-0.39, 0.29) is 46.2 Å². The summed E-state index contributed by atoms with van der Waals surface area (Å²) in [5.74, 6) is -4.30. The molecule has 0 saturated heterocycles. The topological polar surface area (TPSA) is 93.1 Å². The number of benzene rings is 2. The number of thiophene rings is 1. The maximum Gasteiger partial charge on any atom is 0.346 e. The quantitative estimate of drug-likeness (QED) is 0.560. The summed E-state index contributed by atoms with van der Waals surface area (Å²) < 4.78 is 39.4. The van der Waals surface area contributed by atoms with E-state index in [4.69, 9.17) is 9.47 Å². The molecule has 32 heavy (non-hydrogen) atoms. The van der Waals surface area contributed by atoms with Gasteiger partial charge in [-0.2, -0.15) is 0 Å². The number of fused-ring (bicyclic) bond motifs is 1. The van der Waals surface area contributed by atoms with E-state index in [0.717, 1.165) is 23.5 Å². The first kappa shape index (κ1) is 21.4. The third kappa shape index (κ3) is 3.69. The third-order valence-electron chi connectivity index (χ3n) is 4.89. The highest BCUT2D eigenvalue weighted by Crippen LogP contribution is 2.34.